The number of benzene rings is 2. The number of hydrogen-bond acceptors (Lipinski definition) is 1. The van der Waals surface area contributed by atoms with Gasteiger partial charge in [0.05, 0.1) is 5.92 Å². The van der Waals surface area contributed by atoms with Crippen LogP contribution in [-0.4, -0.2) is 11.1 Å². The molecule has 2 aromatic rings. The van der Waals surface area contributed by atoms with Crippen LogP contribution in [0, 0.1) is 18.3 Å². The van der Waals surface area contributed by atoms with Crippen molar-refractivity contribution >= 4 is 5.97 Å². The molecular weight excluding hydrogens is 368 g/mol. The molecule has 0 bridgehead atoms. The lowest BCUT2D eigenvalue weighted by Gasteiger charge is -2.31. The van der Waals surface area contributed by atoms with E-state index in [-0.39, 0.29) is 5.92 Å². The first kappa shape index (κ1) is 24.2. The minimum atomic E-state index is -0.710. The number of carbonyl (C=O) groups is 1. The molecule has 0 aliphatic rings. The molecule has 0 saturated heterocycles. The van der Waals surface area contributed by atoms with E-state index in [0.29, 0.717) is 23.7 Å². The monoisotopic (exact) mass is 408 g/mol. The molecule has 3 atom stereocenters. The molecule has 0 amide bonds. The van der Waals surface area contributed by atoms with Crippen LogP contribution >= 0.6 is 0 Å². The molecule has 1 N–H and O–H groups in total. The Morgan fingerprint density at radius 1 is 0.967 bits per heavy atom. The number of aliphatic carboxylic acids is 1. The third-order valence-electron chi connectivity index (χ3n) is 6.78. The van der Waals surface area contributed by atoms with Crippen LogP contribution in [0.4, 0.5) is 0 Å². The van der Waals surface area contributed by atoms with Crippen molar-refractivity contribution in [3.63, 3.8) is 0 Å². The Labute approximate surface area is 183 Å². The highest BCUT2D eigenvalue weighted by atomic mass is 16.4. The van der Waals surface area contributed by atoms with Crippen molar-refractivity contribution in [3.8, 4) is 0 Å². The van der Waals surface area contributed by atoms with Crippen LogP contribution in [0.3, 0.4) is 0 Å². The maximum Gasteiger partial charge on any atom is 0.306 e. The van der Waals surface area contributed by atoms with Gasteiger partial charge < -0.3 is 5.11 Å². The summed E-state index contributed by atoms with van der Waals surface area (Å²) in [6.45, 7) is 13.3. The first-order valence-electron chi connectivity index (χ1n) is 11.5. The molecule has 0 aliphatic carbocycles. The van der Waals surface area contributed by atoms with E-state index in [2.05, 4.69) is 83.1 Å². The van der Waals surface area contributed by atoms with Gasteiger partial charge in [0.15, 0.2) is 0 Å². The van der Waals surface area contributed by atoms with Crippen LogP contribution in [-0.2, 0) is 11.2 Å². The van der Waals surface area contributed by atoms with E-state index in [4.69, 9.17) is 5.11 Å². The third-order valence-corrected chi connectivity index (χ3v) is 6.78. The molecule has 2 aromatic carbocycles. The van der Waals surface area contributed by atoms with Gasteiger partial charge in [-0.25, -0.2) is 0 Å². The predicted octanol–water partition coefficient (Wildman–Crippen LogP) is 7.75. The van der Waals surface area contributed by atoms with Crippen molar-refractivity contribution in [1.82, 2.24) is 0 Å². The maximum absolute atomic E-state index is 11.1. The lowest BCUT2D eigenvalue weighted by molar-refractivity contribution is -0.141. The fourth-order valence-electron chi connectivity index (χ4n) is 4.07. The highest BCUT2D eigenvalue weighted by molar-refractivity contribution is 5.69. The van der Waals surface area contributed by atoms with Gasteiger partial charge >= 0.3 is 5.97 Å². The number of rotatable bonds is 11. The van der Waals surface area contributed by atoms with Crippen LogP contribution in [0.15, 0.2) is 48.5 Å². The van der Waals surface area contributed by atoms with Crippen molar-refractivity contribution in [1.29, 1.82) is 0 Å². The van der Waals surface area contributed by atoms with Crippen molar-refractivity contribution in [2.45, 2.75) is 85.5 Å². The standard InChI is InChI=1S/C28H40O2/c1-7-28(5,6)19-26(18-22(4)24-14-8-20(2)9-15-24)25-16-12-23(13-17-25)11-10-21(3)27(29)30/h8-9,12-17,21-22,26H,7,10-11,18-19H2,1-6H3,(H,29,30). The molecule has 164 valence electrons. The zero-order valence-electron chi connectivity index (χ0n) is 19.7. The molecular formula is C28H40O2. The zero-order valence-corrected chi connectivity index (χ0v) is 19.7. The smallest absolute Gasteiger partial charge is 0.306 e. The molecule has 0 heterocycles. The fraction of sp³-hybridized carbons (Fsp3) is 0.536. The summed E-state index contributed by atoms with van der Waals surface area (Å²) >= 11 is 0. The molecule has 2 rings (SSSR count). The van der Waals surface area contributed by atoms with Crippen LogP contribution in [0.25, 0.3) is 0 Å². The number of carboxylic acid groups (broad SMARTS) is 1. The summed E-state index contributed by atoms with van der Waals surface area (Å²) in [5.74, 6) is 0.0271. The average Bonchev–Trinajstić information content (AvgIpc) is 2.72. The van der Waals surface area contributed by atoms with E-state index in [0.717, 1.165) is 12.8 Å². The lowest BCUT2D eigenvalue weighted by atomic mass is 9.74. The van der Waals surface area contributed by atoms with Crippen LogP contribution in [0.2, 0.25) is 0 Å². The molecule has 3 unspecified atom stereocenters. The fourth-order valence-corrected chi connectivity index (χ4v) is 4.07. The Bertz CT molecular complexity index is 786. The number of carboxylic acids is 1. The highest BCUT2D eigenvalue weighted by Gasteiger charge is 2.25. The first-order valence-corrected chi connectivity index (χ1v) is 11.5. The SMILES string of the molecule is CCC(C)(C)CC(CC(C)c1ccc(C)cc1)c1ccc(CCC(C)C(=O)O)cc1. The molecule has 2 heteroatoms. The Morgan fingerprint density at radius 2 is 1.53 bits per heavy atom. The van der Waals surface area contributed by atoms with Gasteiger partial charge in [-0.1, -0.05) is 95.1 Å². The second-order valence-electron chi connectivity index (χ2n) is 9.99. The summed E-state index contributed by atoms with van der Waals surface area (Å²) in [5.41, 5.74) is 5.67. The lowest BCUT2D eigenvalue weighted by Crippen LogP contribution is -2.17. The van der Waals surface area contributed by atoms with E-state index in [1.165, 1.54) is 35.1 Å². The van der Waals surface area contributed by atoms with Crippen LogP contribution < -0.4 is 0 Å². The van der Waals surface area contributed by atoms with Crippen LogP contribution in [0.5, 0.6) is 0 Å². The molecule has 0 fully saturated rings. The summed E-state index contributed by atoms with van der Waals surface area (Å²) in [5, 5.41) is 9.10. The summed E-state index contributed by atoms with van der Waals surface area (Å²) in [6.07, 6.45) is 4.99. The summed E-state index contributed by atoms with van der Waals surface area (Å²) in [7, 11) is 0. The first-order chi connectivity index (χ1) is 14.1. The minimum absolute atomic E-state index is 0.293. The largest absolute Gasteiger partial charge is 0.481 e. The van der Waals surface area contributed by atoms with E-state index in [9.17, 15) is 4.79 Å². The quantitative estimate of drug-likeness (QED) is 0.412. The Hall–Kier alpha value is -2.09. The predicted molar refractivity (Wildman–Crippen MR) is 127 cm³/mol. The normalized spacial score (nSPS) is 14.9. The van der Waals surface area contributed by atoms with E-state index in [1.54, 1.807) is 6.92 Å². The van der Waals surface area contributed by atoms with Crippen molar-refractivity contribution in [2.75, 3.05) is 0 Å². The van der Waals surface area contributed by atoms with Crippen molar-refractivity contribution in [3.05, 3.63) is 70.8 Å². The Morgan fingerprint density at radius 3 is 2.07 bits per heavy atom. The summed E-state index contributed by atoms with van der Waals surface area (Å²) in [6, 6.07) is 17.9. The Kier molecular flexibility index (Phi) is 8.70. The maximum atomic E-state index is 11.1. The summed E-state index contributed by atoms with van der Waals surface area (Å²) < 4.78 is 0. The van der Waals surface area contributed by atoms with E-state index in [1.807, 2.05) is 0 Å². The van der Waals surface area contributed by atoms with E-state index < -0.39 is 5.97 Å². The second kappa shape index (κ2) is 10.8. The zero-order chi connectivity index (χ0) is 22.3. The van der Waals surface area contributed by atoms with Gasteiger partial charge in [-0.3, -0.25) is 4.79 Å². The van der Waals surface area contributed by atoms with Gasteiger partial charge in [-0.2, -0.15) is 0 Å². The number of aryl methyl sites for hydroxylation is 2. The highest BCUT2D eigenvalue weighted by Crippen LogP contribution is 2.40. The van der Waals surface area contributed by atoms with Gasteiger partial charge in [-0.15, -0.1) is 0 Å². The molecule has 0 radical (unpaired) electrons. The van der Waals surface area contributed by atoms with Crippen molar-refractivity contribution < 1.29 is 9.90 Å². The van der Waals surface area contributed by atoms with Crippen molar-refractivity contribution in [2.24, 2.45) is 11.3 Å². The van der Waals surface area contributed by atoms with Crippen LogP contribution in [0.1, 0.15) is 94.4 Å². The minimum Gasteiger partial charge on any atom is -0.481 e. The molecule has 2 nitrogen and oxygen atoms in total. The molecule has 0 aromatic heterocycles. The average molecular weight is 409 g/mol. The van der Waals surface area contributed by atoms with Gasteiger partial charge in [0.1, 0.15) is 0 Å². The van der Waals surface area contributed by atoms with E-state index >= 15 is 0 Å². The third kappa shape index (κ3) is 7.31. The Balaban J connectivity index is 2.15. The second-order valence-corrected chi connectivity index (χ2v) is 9.99. The topological polar surface area (TPSA) is 37.3 Å². The van der Waals surface area contributed by atoms with Gasteiger partial charge in [0, 0.05) is 0 Å². The van der Waals surface area contributed by atoms with Gasteiger partial charge in [0.2, 0.25) is 0 Å². The van der Waals surface area contributed by atoms with Gasteiger partial charge in [0.25, 0.3) is 0 Å². The summed E-state index contributed by atoms with van der Waals surface area (Å²) in [4.78, 5) is 11.1. The molecule has 30 heavy (non-hydrogen) atoms. The van der Waals surface area contributed by atoms with Gasteiger partial charge in [-0.05, 0) is 66.5 Å². The molecule has 0 saturated carbocycles. The number of hydrogen-bond donors (Lipinski definition) is 1. The molecule has 0 aliphatic heterocycles. The molecule has 0 spiro atoms.